The second-order valence-corrected chi connectivity index (χ2v) is 22.8. The summed E-state index contributed by atoms with van der Waals surface area (Å²) in [5, 5.41) is 62.4. The second-order valence-electron chi connectivity index (χ2n) is 20.4. The fourth-order valence-electron chi connectivity index (χ4n) is 9.61. The number of non-ortho nitro benzene ring substituents is 3. The molecule has 3 heterocycles. The van der Waals surface area contributed by atoms with E-state index in [1.54, 1.807) is 36.4 Å². The summed E-state index contributed by atoms with van der Waals surface area (Å²) < 4.78 is 0. The number of nitro groups is 3. The summed E-state index contributed by atoms with van der Waals surface area (Å²) in [6.45, 7) is 0. The van der Waals surface area contributed by atoms with E-state index in [1.807, 2.05) is 86.9 Å². The monoisotopic (exact) mass is 1240 g/mol. The molecule has 0 aliphatic carbocycles. The molecule has 0 bridgehead atoms. The van der Waals surface area contributed by atoms with Crippen molar-refractivity contribution in [3.8, 4) is 0 Å². The van der Waals surface area contributed by atoms with E-state index in [-0.39, 0.29) is 55.6 Å². The molecule has 0 saturated heterocycles. The topological polar surface area (TPSA) is 304 Å². The van der Waals surface area contributed by atoms with Gasteiger partial charge in [-0.25, -0.2) is 0 Å². The van der Waals surface area contributed by atoms with Crippen LogP contribution in [0.5, 0.6) is 0 Å². The van der Waals surface area contributed by atoms with Crippen LogP contribution in [0.1, 0.15) is 56.0 Å². The van der Waals surface area contributed by atoms with E-state index in [0.29, 0.717) is 33.8 Å². The quantitative estimate of drug-likeness (QED) is 0.0159. The van der Waals surface area contributed by atoms with Gasteiger partial charge in [-0.05, 0) is 137 Å². The fraction of sp³-hybridized carbons (Fsp3) is 0.156. The first-order valence-corrected chi connectivity index (χ1v) is 30.1. The maximum absolute atomic E-state index is 14.1. The first kappa shape index (κ1) is 62.0. The lowest BCUT2D eigenvalue weighted by atomic mass is 9.85. The highest BCUT2D eigenvalue weighted by Crippen LogP contribution is 2.34. The highest BCUT2D eigenvalue weighted by atomic mass is 32.1. The summed E-state index contributed by atoms with van der Waals surface area (Å²) in [6.07, 6.45) is 0.180. The smallest absolute Gasteiger partial charge is 0.269 e. The van der Waals surface area contributed by atoms with Crippen LogP contribution < -0.4 is 31.9 Å². The van der Waals surface area contributed by atoms with Crippen molar-refractivity contribution in [1.29, 1.82) is 0 Å². The van der Waals surface area contributed by atoms with Gasteiger partial charge in [0, 0.05) is 78.6 Å². The Hall–Kier alpha value is -10.6. The highest BCUT2D eigenvalue weighted by Gasteiger charge is 2.27. The average molecular weight is 1240 g/mol. The van der Waals surface area contributed by atoms with Gasteiger partial charge in [0.15, 0.2) is 0 Å². The molecule has 3 aromatic heterocycles. The second kappa shape index (κ2) is 29.5. The van der Waals surface area contributed by atoms with Crippen LogP contribution >= 0.6 is 34.0 Å². The fourth-order valence-corrected chi connectivity index (χ4v) is 11.6. The lowest BCUT2D eigenvalue weighted by Crippen LogP contribution is -2.45. The van der Waals surface area contributed by atoms with E-state index in [1.165, 1.54) is 107 Å². The number of carbonyl (C=O) groups excluding carboxylic acids is 6. The largest absolute Gasteiger partial charge is 0.344 e. The molecule has 446 valence electrons. The van der Waals surface area contributed by atoms with Crippen molar-refractivity contribution in [2.24, 2.45) is 0 Å². The highest BCUT2D eigenvalue weighted by molar-refractivity contribution is 7.08. The first-order valence-electron chi connectivity index (χ1n) is 27.3. The van der Waals surface area contributed by atoms with Crippen LogP contribution in [-0.2, 0) is 67.3 Å². The zero-order valence-electron chi connectivity index (χ0n) is 46.6. The van der Waals surface area contributed by atoms with Crippen molar-refractivity contribution in [2.75, 3.05) is 16.0 Å². The number of amides is 6. The van der Waals surface area contributed by atoms with Crippen molar-refractivity contribution in [3.05, 3.63) is 276 Å². The minimum absolute atomic E-state index is 0.0293. The van der Waals surface area contributed by atoms with Crippen molar-refractivity contribution >= 4 is 104 Å². The van der Waals surface area contributed by atoms with Crippen LogP contribution in [0.25, 0.3) is 0 Å². The van der Waals surface area contributed by atoms with Crippen molar-refractivity contribution in [2.45, 2.75) is 62.6 Å². The molecule has 3 atom stereocenters. The molecule has 0 aliphatic rings. The number of carbonyl (C=O) groups is 6. The Morgan fingerprint density at radius 3 is 0.807 bits per heavy atom. The molecule has 0 fully saturated rings. The predicted molar refractivity (Wildman–Crippen MR) is 336 cm³/mol. The summed E-state index contributed by atoms with van der Waals surface area (Å²) in [5.74, 6) is -3.32. The maximum atomic E-state index is 14.1. The Bertz CT molecular complexity index is 3500. The number of hydrogen-bond acceptors (Lipinski definition) is 15. The molecule has 0 radical (unpaired) electrons. The molecule has 6 amide bonds. The van der Waals surface area contributed by atoms with E-state index in [2.05, 4.69) is 31.9 Å². The minimum atomic E-state index is -1.07. The molecular formula is C64H55N9O12S3. The van der Waals surface area contributed by atoms with Crippen LogP contribution in [0.4, 0.5) is 34.1 Å². The van der Waals surface area contributed by atoms with Crippen LogP contribution in [-0.4, -0.2) is 68.3 Å². The third-order valence-electron chi connectivity index (χ3n) is 14.1. The van der Waals surface area contributed by atoms with Gasteiger partial charge in [-0.3, -0.25) is 59.1 Å². The molecular weight excluding hydrogens is 1180 g/mol. The average Bonchev–Trinajstić information content (AvgIpc) is 2.44. The lowest BCUT2D eigenvalue weighted by molar-refractivity contribution is -0.385. The molecule has 88 heavy (non-hydrogen) atoms. The molecule has 0 aliphatic heterocycles. The molecule has 6 N–H and O–H groups in total. The van der Waals surface area contributed by atoms with Crippen molar-refractivity contribution in [1.82, 2.24) is 16.0 Å². The molecule has 0 saturated carbocycles. The van der Waals surface area contributed by atoms with E-state index in [9.17, 15) is 59.1 Å². The number of anilines is 3. The molecule has 9 aromatic rings. The third-order valence-corrected chi connectivity index (χ3v) is 16.3. The van der Waals surface area contributed by atoms with Gasteiger partial charge in [0.1, 0.15) is 18.1 Å². The summed E-state index contributed by atoms with van der Waals surface area (Å²) in [7, 11) is 0. The summed E-state index contributed by atoms with van der Waals surface area (Å²) >= 11 is 4.30. The number of benzene rings is 6. The number of nitrogens with zero attached hydrogens (tertiary/aromatic N) is 3. The van der Waals surface area contributed by atoms with Gasteiger partial charge < -0.3 is 31.9 Å². The van der Waals surface area contributed by atoms with Crippen LogP contribution in [0.2, 0.25) is 0 Å². The van der Waals surface area contributed by atoms with Gasteiger partial charge in [-0.2, -0.15) is 34.0 Å². The van der Waals surface area contributed by atoms with E-state index in [4.69, 9.17) is 0 Å². The van der Waals surface area contributed by atoms with Gasteiger partial charge in [0.25, 0.3) is 17.1 Å². The zero-order chi connectivity index (χ0) is 62.1. The van der Waals surface area contributed by atoms with Crippen molar-refractivity contribution < 1.29 is 43.5 Å². The SMILES string of the molecule is O=C(Cc1ccsc1)N[C@@H](Cc1ccc([N+](=O)[O-])cc1)C(=O)Nc1ccc(C(c2ccc(NC(=O)[C@H](Cc3ccc([N+](=O)[O-])cc3)NC(=O)Cc3ccsc3)cc2)c2ccc(NC(=O)[C@H](Cc3ccc([N+](=O)[O-])cc3)NC(=O)Cc3ccsc3)cc2)cc1. The van der Waals surface area contributed by atoms with Crippen LogP contribution in [0.15, 0.2) is 196 Å². The lowest BCUT2D eigenvalue weighted by Gasteiger charge is -2.22. The summed E-state index contributed by atoms with van der Waals surface area (Å²) in [6, 6.07) is 40.5. The molecule has 24 heteroatoms. The molecule has 21 nitrogen and oxygen atoms in total. The normalized spacial score (nSPS) is 12.0. The summed E-state index contributed by atoms with van der Waals surface area (Å²) in [5.41, 5.74) is 7.06. The van der Waals surface area contributed by atoms with E-state index >= 15 is 0 Å². The van der Waals surface area contributed by atoms with Gasteiger partial charge in [0.05, 0.1) is 34.0 Å². The van der Waals surface area contributed by atoms with Crippen molar-refractivity contribution in [3.63, 3.8) is 0 Å². The third kappa shape index (κ3) is 17.5. The zero-order valence-corrected chi connectivity index (χ0v) is 49.0. The molecule has 6 aromatic carbocycles. The Morgan fingerprint density at radius 2 is 0.591 bits per heavy atom. The van der Waals surface area contributed by atoms with Crippen LogP contribution in [0.3, 0.4) is 0 Å². The molecule has 9 rings (SSSR count). The predicted octanol–water partition coefficient (Wildman–Crippen LogP) is 10.5. The minimum Gasteiger partial charge on any atom is -0.344 e. The summed E-state index contributed by atoms with van der Waals surface area (Å²) in [4.78, 5) is 115. The van der Waals surface area contributed by atoms with E-state index in [0.717, 1.165) is 33.4 Å². The van der Waals surface area contributed by atoms with Gasteiger partial charge in [-0.1, -0.05) is 72.8 Å². The molecule has 0 spiro atoms. The Kier molecular flexibility index (Phi) is 20.8. The number of nitro benzene ring substituents is 3. The van der Waals surface area contributed by atoms with Gasteiger partial charge in [0.2, 0.25) is 35.4 Å². The van der Waals surface area contributed by atoms with Crippen LogP contribution in [0, 0.1) is 30.3 Å². The Morgan fingerprint density at radius 1 is 0.341 bits per heavy atom. The van der Waals surface area contributed by atoms with Gasteiger partial charge >= 0.3 is 0 Å². The number of rotatable bonds is 27. The molecule has 0 unspecified atom stereocenters. The standard InChI is InChI=1S/C64H55N9O12S3/c74-58(34-43-25-28-86-37-43)68-55(31-40-1-19-52(20-2-40)71(80)81)62(77)65-49-13-7-46(8-14-49)61(47-9-15-50(16-10-47)66-63(78)56(69-59(75)35-44-26-29-87-38-44)32-41-3-21-53(22-4-41)72(82)83)48-11-17-51(18-12-48)67-64(79)57(70-60(76)36-45-27-30-88-39-45)33-42-5-23-54(24-6-42)73(84)85/h1-30,37-39,55-57,61H,31-36H2,(H,65,77)(H,66,78)(H,67,79)(H,68,74)(H,69,75)(H,70,76)/t55-,56-,57-/m0/s1. The first-order chi connectivity index (χ1) is 42.5. The maximum Gasteiger partial charge on any atom is 0.269 e. The van der Waals surface area contributed by atoms with Gasteiger partial charge in [-0.15, -0.1) is 0 Å². The van der Waals surface area contributed by atoms with E-state index < -0.39 is 74.3 Å². The number of hydrogen-bond donors (Lipinski definition) is 6. The Labute approximate surface area is 515 Å². The number of thiophene rings is 3. The number of nitrogens with one attached hydrogen (secondary N) is 6. The Balaban J connectivity index is 0.973.